The zero-order chi connectivity index (χ0) is 42.6. The van der Waals surface area contributed by atoms with Crippen LogP contribution in [0.25, 0.3) is 10.9 Å². The van der Waals surface area contributed by atoms with Crippen LogP contribution in [0.15, 0.2) is 64.4 Å². The molecule has 2 aliphatic rings. The molecule has 0 bridgehead atoms. The lowest BCUT2D eigenvalue weighted by Crippen LogP contribution is -2.47. The Morgan fingerprint density at radius 3 is 2.48 bits per heavy atom. The molecule has 0 spiro atoms. The Morgan fingerprint density at radius 1 is 0.917 bits per heavy atom. The highest BCUT2D eigenvalue weighted by Crippen LogP contribution is 2.34. The molecule has 1 aliphatic carbocycles. The van der Waals surface area contributed by atoms with Crippen LogP contribution in [0.4, 0.5) is 30.5 Å². The summed E-state index contributed by atoms with van der Waals surface area (Å²) in [7, 11) is 1.70. The largest absolute Gasteiger partial charge is 0.355 e. The fourth-order valence-electron chi connectivity index (χ4n) is 7.08. The number of hydrogen-bond donors (Lipinski definition) is 2. The number of aromatic nitrogens is 8. The first-order chi connectivity index (χ1) is 28.6. The molecule has 1 atom stereocenters. The van der Waals surface area contributed by atoms with E-state index in [1.807, 2.05) is 0 Å². The van der Waals surface area contributed by atoms with Crippen LogP contribution in [-0.4, -0.2) is 79.1 Å². The number of halogens is 4. The molecule has 3 aromatic heterocycles. The quantitative estimate of drug-likeness (QED) is 0.109. The molecule has 306 valence electrons. The monoisotopic (exact) mass is 843 g/mol. The predicted octanol–water partition coefficient (Wildman–Crippen LogP) is 3.11. The lowest BCUT2D eigenvalue weighted by molar-refractivity contribution is -0.132. The average Bonchev–Trinajstić information content (AvgIpc) is 3.87. The van der Waals surface area contributed by atoms with Gasteiger partial charge in [-0.3, -0.25) is 42.8 Å². The summed E-state index contributed by atoms with van der Waals surface area (Å²) < 4.78 is 47.2. The van der Waals surface area contributed by atoms with Gasteiger partial charge in [-0.05, 0) is 36.8 Å². The molecular formula is C38H29ClF3N11O7. The van der Waals surface area contributed by atoms with Gasteiger partial charge in [0.1, 0.15) is 17.3 Å². The molecule has 4 heterocycles. The number of nitrogens with zero attached hydrogens (tertiary/aromatic N) is 9. The first-order valence-corrected chi connectivity index (χ1v) is 18.5. The molecule has 3 amide bonds. The number of imide groups is 1. The van der Waals surface area contributed by atoms with E-state index in [-0.39, 0.29) is 71.2 Å². The Kier molecular flexibility index (Phi) is 10.2. The first kappa shape index (κ1) is 39.5. The van der Waals surface area contributed by atoms with E-state index < -0.39 is 83.0 Å². The number of aryl methyl sites for hydroxylation is 2. The highest BCUT2D eigenvalue weighted by Gasteiger charge is 2.45. The van der Waals surface area contributed by atoms with Crippen LogP contribution in [-0.2, 0) is 41.1 Å². The summed E-state index contributed by atoms with van der Waals surface area (Å²) in [6.45, 7) is -1.27. The summed E-state index contributed by atoms with van der Waals surface area (Å²) in [6, 6.07) is 7.23. The lowest BCUT2D eigenvalue weighted by Gasteiger charge is -2.27. The summed E-state index contributed by atoms with van der Waals surface area (Å²) in [4.78, 5) is 96.1. The first-order valence-electron chi connectivity index (χ1n) is 18.1. The van der Waals surface area contributed by atoms with Gasteiger partial charge in [0.15, 0.2) is 17.4 Å². The van der Waals surface area contributed by atoms with Crippen molar-refractivity contribution in [3.05, 3.63) is 121 Å². The van der Waals surface area contributed by atoms with Crippen molar-refractivity contribution in [1.82, 2.24) is 43.8 Å². The summed E-state index contributed by atoms with van der Waals surface area (Å²) in [6.07, 6.45) is 2.51. The number of carbonyl (C=O) groups is 5. The molecule has 1 unspecified atom stereocenters. The molecule has 0 radical (unpaired) electrons. The Bertz CT molecular complexity index is 2960. The van der Waals surface area contributed by atoms with Crippen LogP contribution in [0, 0.1) is 17.5 Å². The third-order valence-electron chi connectivity index (χ3n) is 9.97. The molecule has 1 fully saturated rings. The number of nitrogens with one attached hydrogen (secondary N) is 2. The smallest absolute Gasteiger partial charge is 0.325 e. The average molecular weight is 844 g/mol. The normalized spacial score (nSPS) is 15.3. The number of rotatable bonds is 11. The van der Waals surface area contributed by atoms with E-state index in [0.29, 0.717) is 27.6 Å². The molecule has 0 saturated heterocycles. The van der Waals surface area contributed by atoms with Gasteiger partial charge in [-0.25, -0.2) is 27.3 Å². The summed E-state index contributed by atoms with van der Waals surface area (Å²) >= 11 is 6.47. The van der Waals surface area contributed by atoms with Crippen molar-refractivity contribution in [2.24, 2.45) is 7.05 Å². The zero-order valence-electron chi connectivity index (χ0n) is 31.1. The highest BCUT2D eigenvalue weighted by atomic mass is 35.5. The number of amides is 3. The standard InChI is InChI=1S/C38H29ClF3N11O7/c1-49-14-19-10-29(23(39)12-28(19)47-49)44-36-45-37(59)52(38(60)51(36)15-18-9-25(41)26(42)13-24(18)40)17-20-16-50(48-46-20)8-7-32(56)43-27-4-2-3-22-33(27)35(58)53(34(22)57)30-6-5-21(54)11-31(30)55/h2-4,9-10,12-14,16,30H,5-8,11,15,17H2,1H3,(H,43,56)(H,44,45,59). The minimum atomic E-state index is -1.45. The maximum atomic E-state index is 14.9. The molecule has 1 aliphatic heterocycles. The third-order valence-corrected chi connectivity index (χ3v) is 10.3. The van der Waals surface area contributed by atoms with Crippen molar-refractivity contribution in [3.63, 3.8) is 0 Å². The van der Waals surface area contributed by atoms with Gasteiger partial charge in [0.25, 0.3) is 11.8 Å². The molecule has 6 aromatic rings. The Labute approximate surface area is 339 Å². The number of benzene rings is 3. The van der Waals surface area contributed by atoms with Crippen molar-refractivity contribution in [2.45, 2.75) is 51.4 Å². The van der Waals surface area contributed by atoms with Crippen molar-refractivity contribution in [2.75, 3.05) is 10.6 Å². The van der Waals surface area contributed by atoms with Crippen molar-refractivity contribution >= 4 is 69.1 Å². The third kappa shape index (κ3) is 7.45. The maximum Gasteiger partial charge on any atom is 0.355 e. The van der Waals surface area contributed by atoms with Crippen LogP contribution in [0.2, 0.25) is 5.02 Å². The molecule has 3 aromatic carbocycles. The minimum Gasteiger partial charge on any atom is -0.325 e. The topological polar surface area (TPSA) is 218 Å². The van der Waals surface area contributed by atoms with E-state index >= 15 is 0 Å². The highest BCUT2D eigenvalue weighted by molar-refractivity contribution is 6.34. The predicted molar refractivity (Wildman–Crippen MR) is 204 cm³/mol. The van der Waals surface area contributed by atoms with E-state index in [0.717, 1.165) is 9.47 Å². The van der Waals surface area contributed by atoms with Gasteiger partial charge in [-0.1, -0.05) is 22.9 Å². The number of hydrogen-bond acceptors (Lipinski definition) is 12. The number of anilines is 3. The van der Waals surface area contributed by atoms with Crippen LogP contribution in [0.3, 0.4) is 0 Å². The van der Waals surface area contributed by atoms with Gasteiger partial charge in [-0.15, -0.1) is 5.10 Å². The van der Waals surface area contributed by atoms with Crippen molar-refractivity contribution < 1.29 is 37.1 Å². The van der Waals surface area contributed by atoms with E-state index in [1.165, 1.54) is 35.1 Å². The van der Waals surface area contributed by atoms with Crippen molar-refractivity contribution in [1.29, 1.82) is 0 Å². The molecular weight excluding hydrogens is 815 g/mol. The molecule has 22 heteroatoms. The fourth-order valence-corrected chi connectivity index (χ4v) is 7.28. The Hall–Kier alpha value is -7.29. The van der Waals surface area contributed by atoms with E-state index in [1.54, 1.807) is 24.0 Å². The number of fused-ring (bicyclic) bond motifs is 2. The molecule has 2 N–H and O–H groups in total. The molecule has 1 saturated carbocycles. The van der Waals surface area contributed by atoms with Gasteiger partial charge >= 0.3 is 11.4 Å². The van der Waals surface area contributed by atoms with Gasteiger partial charge in [0.05, 0.1) is 71.3 Å². The number of Topliss-reactive ketones (excluding diaryl/α,β-unsaturated/α-hetero) is 2. The lowest BCUT2D eigenvalue weighted by atomic mass is 9.92. The minimum absolute atomic E-state index is 0.000951. The van der Waals surface area contributed by atoms with E-state index in [9.17, 15) is 46.7 Å². The molecule has 60 heavy (non-hydrogen) atoms. The molecule has 8 rings (SSSR count). The van der Waals surface area contributed by atoms with Crippen molar-refractivity contribution in [3.8, 4) is 0 Å². The van der Waals surface area contributed by atoms with Gasteiger partial charge in [0.2, 0.25) is 11.9 Å². The SMILES string of the molecule is Cn1cc2cc(Nc3nc(=O)n(Cc4cn(CCC(=O)Nc5cccc6c5C(=O)N(C5CCC(=O)CC5=O)C6=O)nn4)c(=O)n3Cc3cc(F)c(F)cc3F)c(Cl)cc2n1. The van der Waals surface area contributed by atoms with Gasteiger partial charge in [0, 0.05) is 43.1 Å². The number of carbonyl (C=O) groups excluding carboxylic acids is 5. The summed E-state index contributed by atoms with van der Waals surface area (Å²) in [5, 5.41) is 18.4. The van der Waals surface area contributed by atoms with E-state index in [2.05, 4.69) is 31.0 Å². The molecule has 18 nitrogen and oxygen atoms in total. The van der Waals surface area contributed by atoms with Gasteiger partial charge in [-0.2, -0.15) is 10.1 Å². The van der Waals surface area contributed by atoms with Crippen LogP contribution >= 0.6 is 11.6 Å². The summed E-state index contributed by atoms with van der Waals surface area (Å²) in [5.41, 5.74) is -1.78. The van der Waals surface area contributed by atoms with Gasteiger partial charge < -0.3 is 10.6 Å². The van der Waals surface area contributed by atoms with Crippen LogP contribution in [0.5, 0.6) is 0 Å². The second-order valence-corrected chi connectivity index (χ2v) is 14.5. The maximum absolute atomic E-state index is 14.9. The summed E-state index contributed by atoms with van der Waals surface area (Å²) in [5.74, 6) is -7.24. The fraction of sp³-hybridized carbons (Fsp3) is 0.237. The second-order valence-electron chi connectivity index (χ2n) is 14.1. The Morgan fingerprint density at radius 2 is 1.70 bits per heavy atom. The zero-order valence-corrected chi connectivity index (χ0v) is 31.9. The van der Waals surface area contributed by atoms with E-state index in [4.69, 9.17) is 11.6 Å². The number of ketones is 2. The van der Waals surface area contributed by atoms with Crippen LogP contribution < -0.4 is 22.0 Å². The van der Waals surface area contributed by atoms with Crippen LogP contribution in [0.1, 0.15) is 57.7 Å². The Balaban J connectivity index is 0.999. The second kappa shape index (κ2) is 15.5.